The normalized spacial score (nSPS) is 11.9. The molecule has 0 aliphatic rings. The van der Waals surface area contributed by atoms with Gasteiger partial charge >= 0.3 is 0 Å². The van der Waals surface area contributed by atoms with Crippen LogP contribution >= 0.6 is 15.9 Å². The smallest absolute Gasteiger partial charge is 0.241 e. The number of halogens is 1. The minimum absolute atomic E-state index is 0.0293. The number of pyridine rings is 1. The van der Waals surface area contributed by atoms with Gasteiger partial charge in [0.05, 0.1) is 25.2 Å². The van der Waals surface area contributed by atoms with E-state index in [9.17, 15) is 9.59 Å². The van der Waals surface area contributed by atoms with Gasteiger partial charge in [-0.15, -0.1) is 0 Å². The highest BCUT2D eigenvalue weighted by Gasteiger charge is 2.31. The van der Waals surface area contributed by atoms with Crippen LogP contribution in [0.2, 0.25) is 0 Å². The first-order valence-electron chi connectivity index (χ1n) is 11.6. The first kappa shape index (κ1) is 25.5. The van der Waals surface area contributed by atoms with Crippen molar-refractivity contribution in [3.63, 3.8) is 0 Å². The summed E-state index contributed by atoms with van der Waals surface area (Å²) >= 11 is 3.55. The molecule has 0 fully saturated rings. The number of hydrogen-bond acceptors (Lipinski definition) is 5. The van der Waals surface area contributed by atoms with Crippen LogP contribution in [-0.2, 0) is 4.79 Å². The van der Waals surface area contributed by atoms with Gasteiger partial charge in [-0.3, -0.25) is 14.5 Å². The maximum Gasteiger partial charge on any atom is 0.241 e. The Balaban J connectivity index is 1.99. The lowest BCUT2D eigenvalue weighted by molar-refractivity contribution is -0.119. The zero-order chi connectivity index (χ0) is 25.8. The fourth-order valence-electron chi connectivity index (χ4n) is 4.25. The number of carbonyl (C=O) groups excluding carboxylic acids is 2. The van der Waals surface area contributed by atoms with Crippen molar-refractivity contribution in [1.82, 2.24) is 9.88 Å². The van der Waals surface area contributed by atoms with Crippen molar-refractivity contribution < 1.29 is 14.3 Å². The predicted molar refractivity (Wildman–Crippen MR) is 147 cm³/mol. The third-order valence-corrected chi connectivity index (χ3v) is 6.40. The fraction of sp³-hybridized carbons (Fsp3) is 0.207. The first-order chi connectivity index (χ1) is 17.3. The summed E-state index contributed by atoms with van der Waals surface area (Å²) < 4.78 is 6.70. The second-order valence-electron chi connectivity index (χ2n) is 8.84. The predicted octanol–water partition coefficient (Wildman–Crippen LogP) is 5.89. The molecule has 1 heterocycles. The molecule has 0 saturated carbocycles. The summed E-state index contributed by atoms with van der Waals surface area (Å²) in [5.74, 6) is 0.320. The number of ketones is 1. The van der Waals surface area contributed by atoms with E-state index in [4.69, 9.17) is 9.72 Å². The molecule has 4 rings (SSSR count). The molecule has 0 spiro atoms. The number of rotatable bonds is 8. The van der Waals surface area contributed by atoms with Gasteiger partial charge in [-0.1, -0.05) is 46.3 Å². The number of likely N-dealkylation sites (N-methyl/N-ethyl adjacent to an activating group) is 1. The van der Waals surface area contributed by atoms with Crippen LogP contribution in [0.3, 0.4) is 0 Å². The van der Waals surface area contributed by atoms with E-state index in [1.807, 2.05) is 85.7 Å². The van der Waals surface area contributed by atoms with Gasteiger partial charge < -0.3 is 9.64 Å². The lowest BCUT2D eigenvalue weighted by Gasteiger charge is -2.34. The lowest BCUT2D eigenvalue weighted by Crippen LogP contribution is -2.41. The lowest BCUT2D eigenvalue weighted by atomic mass is 9.95. The van der Waals surface area contributed by atoms with Crippen molar-refractivity contribution in [1.29, 1.82) is 0 Å². The highest BCUT2D eigenvalue weighted by atomic mass is 79.9. The van der Waals surface area contributed by atoms with E-state index >= 15 is 0 Å². The number of nitrogens with zero attached hydrogens (tertiary/aromatic N) is 3. The van der Waals surface area contributed by atoms with Crippen molar-refractivity contribution in [2.45, 2.75) is 13.0 Å². The maximum absolute atomic E-state index is 13.8. The van der Waals surface area contributed by atoms with E-state index in [1.54, 1.807) is 24.1 Å². The molecule has 1 atom stereocenters. The third-order valence-electron chi connectivity index (χ3n) is 5.90. The molecule has 0 N–H and O–H groups in total. The number of carbonyl (C=O) groups is 2. The van der Waals surface area contributed by atoms with Gasteiger partial charge in [-0.05, 0) is 75.1 Å². The highest BCUT2D eigenvalue weighted by molar-refractivity contribution is 9.10. The molecule has 7 heteroatoms. The molecule has 0 bridgehead atoms. The van der Waals surface area contributed by atoms with E-state index in [1.165, 1.54) is 6.92 Å². The van der Waals surface area contributed by atoms with Crippen LogP contribution in [0.1, 0.15) is 34.5 Å². The quantitative estimate of drug-likeness (QED) is 0.258. The molecule has 0 aliphatic carbocycles. The molecule has 0 saturated heterocycles. The Morgan fingerprint density at radius 1 is 0.972 bits per heavy atom. The molecule has 0 radical (unpaired) electrons. The number of methoxy groups -OCH3 is 1. The average Bonchev–Trinajstić information content (AvgIpc) is 2.86. The van der Waals surface area contributed by atoms with Crippen molar-refractivity contribution in [3.05, 3.63) is 100 Å². The van der Waals surface area contributed by atoms with Crippen LogP contribution in [0.15, 0.2) is 83.3 Å². The van der Waals surface area contributed by atoms with E-state index in [0.29, 0.717) is 17.1 Å². The van der Waals surface area contributed by atoms with Crippen molar-refractivity contribution in [2.75, 3.05) is 32.6 Å². The summed E-state index contributed by atoms with van der Waals surface area (Å²) in [7, 11) is 5.32. The molecule has 1 aromatic heterocycles. The number of aromatic nitrogens is 1. The van der Waals surface area contributed by atoms with E-state index in [-0.39, 0.29) is 18.2 Å². The van der Waals surface area contributed by atoms with Crippen LogP contribution < -0.4 is 9.64 Å². The highest BCUT2D eigenvalue weighted by Crippen LogP contribution is 2.39. The summed E-state index contributed by atoms with van der Waals surface area (Å²) in [6.07, 6.45) is 0. The van der Waals surface area contributed by atoms with Crippen LogP contribution in [0, 0.1) is 0 Å². The Morgan fingerprint density at radius 3 is 2.28 bits per heavy atom. The molecule has 3 aromatic carbocycles. The first-order valence-corrected chi connectivity index (χ1v) is 12.3. The molecule has 4 aromatic rings. The summed E-state index contributed by atoms with van der Waals surface area (Å²) in [5.41, 5.74) is 3.73. The van der Waals surface area contributed by atoms with Crippen molar-refractivity contribution in [2.24, 2.45) is 0 Å². The van der Waals surface area contributed by atoms with Gasteiger partial charge in [-0.2, -0.15) is 0 Å². The van der Waals surface area contributed by atoms with Crippen molar-refractivity contribution >= 4 is 44.2 Å². The van der Waals surface area contributed by atoms with Gasteiger partial charge in [0, 0.05) is 26.7 Å². The minimum Gasteiger partial charge on any atom is -0.481 e. The van der Waals surface area contributed by atoms with Gasteiger partial charge in [0.1, 0.15) is 0 Å². The molecule has 1 unspecified atom stereocenters. The van der Waals surface area contributed by atoms with Crippen LogP contribution in [-0.4, -0.2) is 49.3 Å². The Bertz CT molecular complexity index is 1390. The largest absolute Gasteiger partial charge is 0.481 e. The zero-order valence-corrected chi connectivity index (χ0v) is 22.3. The molecule has 1 amide bonds. The monoisotopic (exact) mass is 545 g/mol. The third kappa shape index (κ3) is 5.48. The van der Waals surface area contributed by atoms with Crippen LogP contribution in [0.25, 0.3) is 10.9 Å². The number of ether oxygens (including phenoxy) is 1. The number of benzene rings is 3. The fourth-order valence-corrected chi connectivity index (χ4v) is 4.63. The van der Waals surface area contributed by atoms with Gasteiger partial charge in [0.25, 0.3) is 0 Å². The Kier molecular flexibility index (Phi) is 7.82. The Labute approximate surface area is 219 Å². The van der Waals surface area contributed by atoms with Crippen LogP contribution in [0.5, 0.6) is 5.88 Å². The number of amides is 1. The number of Topliss-reactive ketones (excluding diaryl/α,β-unsaturated/α-hetero) is 1. The molecule has 6 nitrogen and oxygen atoms in total. The average molecular weight is 546 g/mol. The Morgan fingerprint density at radius 2 is 1.67 bits per heavy atom. The number of hydrogen-bond donors (Lipinski definition) is 0. The van der Waals surface area contributed by atoms with Gasteiger partial charge in [0.15, 0.2) is 5.78 Å². The Hall–Kier alpha value is -3.55. The summed E-state index contributed by atoms with van der Waals surface area (Å²) in [6.45, 7) is 1.73. The van der Waals surface area contributed by atoms with Crippen LogP contribution in [0.4, 0.5) is 5.69 Å². The van der Waals surface area contributed by atoms with Crippen molar-refractivity contribution in [3.8, 4) is 5.88 Å². The zero-order valence-electron chi connectivity index (χ0n) is 20.7. The van der Waals surface area contributed by atoms with E-state index in [2.05, 4.69) is 15.9 Å². The molecule has 36 heavy (non-hydrogen) atoms. The number of fused-ring (bicyclic) bond motifs is 1. The van der Waals surface area contributed by atoms with E-state index < -0.39 is 6.04 Å². The maximum atomic E-state index is 13.8. The van der Waals surface area contributed by atoms with E-state index in [0.717, 1.165) is 26.5 Å². The van der Waals surface area contributed by atoms with Gasteiger partial charge in [-0.25, -0.2) is 4.98 Å². The SMILES string of the molecule is COc1nc2ccc(Br)cc2cc1C(c1ccccc1)N(C(=O)CN(C)C)c1ccc(C(C)=O)cc1. The summed E-state index contributed by atoms with van der Waals surface area (Å²) in [5, 5.41) is 0.924. The second kappa shape index (κ2) is 11.0. The summed E-state index contributed by atoms with van der Waals surface area (Å²) in [4.78, 5) is 34.1. The molecule has 0 aliphatic heterocycles. The topological polar surface area (TPSA) is 62.7 Å². The molecule has 184 valence electrons. The number of anilines is 1. The molecular weight excluding hydrogens is 518 g/mol. The second-order valence-corrected chi connectivity index (χ2v) is 9.76. The standard InChI is InChI=1S/C29H28BrN3O3/c1-19(34)20-10-13-24(14-11-20)33(27(35)18-32(2)3)28(21-8-6-5-7-9-21)25-17-22-16-23(30)12-15-26(22)31-29(25)36-4/h5-17,28H,18H2,1-4H3. The van der Waals surface area contributed by atoms with Gasteiger partial charge in [0.2, 0.25) is 11.8 Å². The summed E-state index contributed by atoms with van der Waals surface area (Å²) in [6, 6.07) is 24.4. The molecular formula is C29H28BrN3O3. The minimum atomic E-state index is -0.521.